The summed E-state index contributed by atoms with van der Waals surface area (Å²) in [5, 5.41) is 11.3. The van der Waals surface area contributed by atoms with Crippen molar-refractivity contribution in [1.82, 2.24) is 5.32 Å². The van der Waals surface area contributed by atoms with Gasteiger partial charge in [-0.15, -0.1) is 0 Å². The fourth-order valence-electron chi connectivity index (χ4n) is 4.95. The van der Waals surface area contributed by atoms with Gasteiger partial charge in [0.1, 0.15) is 11.9 Å². The molecule has 1 heterocycles. The number of carboxylic acid groups (broad SMARTS) is 1. The van der Waals surface area contributed by atoms with E-state index in [0.717, 1.165) is 24.2 Å². The van der Waals surface area contributed by atoms with E-state index < -0.39 is 23.7 Å². The van der Waals surface area contributed by atoms with Crippen LogP contribution in [0.25, 0.3) is 0 Å². The number of amides is 1. The lowest BCUT2D eigenvalue weighted by Crippen LogP contribution is -2.42. The highest BCUT2D eigenvalue weighted by atomic mass is 32.2. The molecular weight excluding hydrogens is 379 g/mol. The van der Waals surface area contributed by atoms with Crippen molar-refractivity contribution in [2.75, 3.05) is 12.3 Å². The van der Waals surface area contributed by atoms with Crippen molar-refractivity contribution in [3.8, 4) is 0 Å². The summed E-state index contributed by atoms with van der Waals surface area (Å²) < 4.78 is 14.5. The highest BCUT2D eigenvalue weighted by molar-refractivity contribution is 8.01. The van der Waals surface area contributed by atoms with Crippen LogP contribution < -0.4 is 11.1 Å². The fraction of sp³-hybridized carbons (Fsp3) is 0.619. The summed E-state index contributed by atoms with van der Waals surface area (Å²) in [5.74, 6) is -0.184. The Morgan fingerprint density at radius 2 is 2.04 bits per heavy atom. The number of hydrogen-bond acceptors (Lipinski definition) is 4. The molecule has 1 aliphatic carbocycles. The number of rotatable bonds is 7. The maximum absolute atomic E-state index is 14.4. The molecule has 1 aromatic rings. The molecule has 0 spiro atoms. The molecule has 3 atom stereocenters. The summed E-state index contributed by atoms with van der Waals surface area (Å²) in [5.41, 5.74) is 6.54. The number of thioether (sulfide) groups is 1. The molecule has 1 amide bonds. The number of carbonyl (C=O) groups is 2. The Morgan fingerprint density at radius 1 is 1.32 bits per heavy atom. The smallest absolute Gasteiger partial charge is 0.322 e. The van der Waals surface area contributed by atoms with E-state index in [-0.39, 0.29) is 22.8 Å². The van der Waals surface area contributed by atoms with Gasteiger partial charge in [-0.1, -0.05) is 19.8 Å². The average Bonchev–Trinajstić information content (AvgIpc) is 3.35. The predicted molar refractivity (Wildman–Crippen MR) is 109 cm³/mol. The number of hydrogen-bond donors (Lipinski definition) is 3. The number of nitrogens with two attached hydrogens (primary N) is 1. The molecule has 0 aromatic heterocycles. The first-order valence-electron chi connectivity index (χ1n) is 10.1. The normalized spacial score (nSPS) is 26.3. The zero-order valence-electron chi connectivity index (χ0n) is 16.2. The van der Waals surface area contributed by atoms with Crippen LogP contribution in [0.2, 0.25) is 0 Å². The molecule has 5 nitrogen and oxygen atoms in total. The zero-order chi connectivity index (χ0) is 20.3. The van der Waals surface area contributed by atoms with Gasteiger partial charge in [0, 0.05) is 16.9 Å². The Kier molecular flexibility index (Phi) is 6.65. The van der Waals surface area contributed by atoms with Gasteiger partial charge in [-0.05, 0) is 67.0 Å². The van der Waals surface area contributed by atoms with Crippen LogP contribution in [0.4, 0.5) is 4.39 Å². The molecule has 2 unspecified atom stereocenters. The molecule has 4 N–H and O–H groups in total. The van der Waals surface area contributed by atoms with Crippen LogP contribution >= 0.6 is 11.8 Å². The number of carboxylic acids is 1. The molecule has 1 saturated carbocycles. The van der Waals surface area contributed by atoms with E-state index in [9.17, 15) is 14.0 Å². The van der Waals surface area contributed by atoms with E-state index in [2.05, 4.69) is 12.2 Å². The van der Waals surface area contributed by atoms with Gasteiger partial charge in [0.15, 0.2) is 0 Å². The second kappa shape index (κ2) is 8.82. The molecule has 2 fully saturated rings. The minimum atomic E-state index is -1.19. The number of benzene rings is 1. The first-order chi connectivity index (χ1) is 13.4. The molecule has 3 rings (SSSR count). The van der Waals surface area contributed by atoms with Crippen molar-refractivity contribution < 1.29 is 19.1 Å². The predicted octanol–water partition coefficient (Wildman–Crippen LogP) is 3.53. The van der Waals surface area contributed by atoms with Crippen LogP contribution in [0.1, 0.15) is 67.3 Å². The van der Waals surface area contributed by atoms with Gasteiger partial charge in [-0.2, -0.15) is 11.8 Å². The number of aliphatic carboxylic acids is 1. The van der Waals surface area contributed by atoms with Crippen molar-refractivity contribution in [1.29, 1.82) is 0 Å². The lowest BCUT2D eigenvalue weighted by Gasteiger charge is -2.40. The first kappa shape index (κ1) is 21.1. The van der Waals surface area contributed by atoms with Crippen LogP contribution in [0.15, 0.2) is 18.2 Å². The zero-order valence-corrected chi connectivity index (χ0v) is 17.1. The molecule has 1 aromatic carbocycles. The average molecular weight is 409 g/mol. The van der Waals surface area contributed by atoms with Gasteiger partial charge in [0.2, 0.25) is 0 Å². The second-order valence-electron chi connectivity index (χ2n) is 7.91. The Balaban J connectivity index is 1.84. The van der Waals surface area contributed by atoms with Gasteiger partial charge in [0.25, 0.3) is 5.91 Å². The quantitative estimate of drug-likeness (QED) is 0.642. The lowest BCUT2D eigenvalue weighted by atomic mass is 9.73. The van der Waals surface area contributed by atoms with Gasteiger partial charge >= 0.3 is 5.97 Å². The van der Waals surface area contributed by atoms with E-state index in [0.29, 0.717) is 5.92 Å². The molecular formula is C21H29FN2O3S. The summed E-state index contributed by atoms with van der Waals surface area (Å²) >= 11 is 2.02. The third-order valence-electron chi connectivity index (χ3n) is 6.35. The molecule has 1 saturated heterocycles. The van der Waals surface area contributed by atoms with Gasteiger partial charge in [-0.3, -0.25) is 9.59 Å². The van der Waals surface area contributed by atoms with Crippen LogP contribution in [0.3, 0.4) is 0 Å². The molecule has 28 heavy (non-hydrogen) atoms. The molecule has 1 aliphatic heterocycles. The SMILES string of the molecule is CCC1(C2CCCC2)SCCC1c1cc(F)cc(C(=O)NC[C@@H](N)C(=O)O)c1. The van der Waals surface area contributed by atoms with E-state index in [1.54, 1.807) is 12.1 Å². The Hall–Kier alpha value is -1.60. The standard InChI is InChI=1S/C21H29FN2O3S/c1-2-21(15-5-3-4-6-15)17(7-8-28-21)13-9-14(11-16(22)10-13)19(25)24-12-18(23)20(26)27/h9-11,15,17-18H,2-8,12,23H2,1H3,(H,24,25)(H,26,27)/t17?,18-,21?/m1/s1. The van der Waals surface area contributed by atoms with E-state index in [1.807, 2.05) is 11.8 Å². The summed E-state index contributed by atoms with van der Waals surface area (Å²) in [6.07, 6.45) is 7.02. The van der Waals surface area contributed by atoms with E-state index in [4.69, 9.17) is 10.8 Å². The minimum Gasteiger partial charge on any atom is -0.480 e. The lowest BCUT2D eigenvalue weighted by molar-refractivity contribution is -0.138. The summed E-state index contributed by atoms with van der Waals surface area (Å²) in [6, 6.07) is 3.37. The van der Waals surface area contributed by atoms with Crippen molar-refractivity contribution in [3.63, 3.8) is 0 Å². The summed E-state index contributed by atoms with van der Waals surface area (Å²) in [6.45, 7) is 2.03. The highest BCUT2D eigenvalue weighted by Gasteiger charge is 2.49. The second-order valence-corrected chi connectivity index (χ2v) is 9.36. The molecule has 7 heteroatoms. The molecule has 154 valence electrons. The van der Waals surface area contributed by atoms with Crippen molar-refractivity contribution >= 4 is 23.6 Å². The van der Waals surface area contributed by atoms with E-state index in [1.165, 1.54) is 31.7 Å². The maximum atomic E-state index is 14.4. The highest BCUT2D eigenvalue weighted by Crippen LogP contribution is 2.58. The third-order valence-corrected chi connectivity index (χ3v) is 8.23. The molecule has 0 bridgehead atoms. The first-order valence-corrected chi connectivity index (χ1v) is 11.1. The monoisotopic (exact) mass is 408 g/mol. The van der Waals surface area contributed by atoms with Gasteiger partial charge < -0.3 is 16.2 Å². The van der Waals surface area contributed by atoms with Crippen LogP contribution in [-0.4, -0.2) is 40.1 Å². The Bertz CT molecular complexity index is 738. The van der Waals surface area contributed by atoms with Crippen LogP contribution in [0, 0.1) is 11.7 Å². The summed E-state index contributed by atoms with van der Waals surface area (Å²) in [4.78, 5) is 23.3. The van der Waals surface area contributed by atoms with Crippen LogP contribution in [0.5, 0.6) is 0 Å². The summed E-state index contributed by atoms with van der Waals surface area (Å²) in [7, 11) is 0. The van der Waals surface area contributed by atoms with Crippen LogP contribution in [-0.2, 0) is 4.79 Å². The fourth-order valence-corrected chi connectivity index (χ4v) is 6.82. The molecule has 0 radical (unpaired) electrons. The van der Waals surface area contributed by atoms with Gasteiger partial charge in [0.05, 0.1) is 0 Å². The Labute approximate surface area is 169 Å². The molecule has 2 aliphatic rings. The largest absolute Gasteiger partial charge is 0.480 e. The van der Waals surface area contributed by atoms with Crippen molar-refractivity contribution in [3.05, 3.63) is 35.1 Å². The minimum absolute atomic E-state index is 0.115. The number of halogens is 1. The van der Waals surface area contributed by atoms with Crippen molar-refractivity contribution in [2.45, 2.75) is 62.2 Å². The van der Waals surface area contributed by atoms with Crippen molar-refractivity contribution in [2.24, 2.45) is 11.7 Å². The van der Waals surface area contributed by atoms with Gasteiger partial charge in [-0.25, -0.2) is 4.39 Å². The number of nitrogens with one attached hydrogen (secondary N) is 1. The maximum Gasteiger partial charge on any atom is 0.322 e. The van der Waals surface area contributed by atoms with E-state index >= 15 is 0 Å². The topological polar surface area (TPSA) is 92.4 Å². The Morgan fingerprint density at radius 3 is 2.68 bits per heavy atom. The number of carbonyl (C=O) groups excluding carboxylic acids is 1. The third kappa shape index (κ3) is 4.20.